The van der Waals surface area contributed by atoms with Crippen molar-refractivity contribution in [3.05, 3.63) is 30.4 Å². The zero-order valence-electron chi connectivity index (χ0n) is 15.8. The summed E-state index contributed by atoms with van der Waals surface area (Å²) in [6.07, 6.45) is 3.27. The molecular weight excluding hydrogens is 386 g/mol. The highest BCUT2D eigenvalue weighted by Gasteiger charge is 2.30. The molecule has 10 nitrogen and oxygen atoms in total. The van der Waals surface area contributed by atoms with Gasteiger partial charge in [0.25, 0.3) is 5.89 Å². The molecular formula is C17H23N5O5S. The van der Waals surface area contributed by atoms with Crippen molar-refractivity contribution in [3.8, 4) is 11.4 Å². The van der Waals surface area contributed by atoms with Crippen LogP contribution in [0, 0.1) is 0 Å². The van der Waals surface area contributed by atoms with E-state index in [0.29, 0.717) is 32.0 Å². The van der Waals surface area contributed by atoms with Crippen LogP contribution in [0.2, 0.25) is 0 Å². The van der Waals surface area contributed by atoms with Crippen LogP contribution in [0.15, 0.2) is 29.0 Å². The molecule has 11 heteroatoms. The van der Waals surface area contributed by atoms with Crippen LogP contribution in [0.3, 0.4) is 0 Å². The summed E-state index contributed by atoms with van der Waals surface area (Å²) in [4.78, 5) is 22.1. The molecule has 28 heavy (non-hydrogen) atoms. The van der Waals surface area contributed by atoms with Crippen molar-refractivity contribution in [2.45, 2.75) is 25.7 Å². The molecule has 1 saturated heterocycles. The van der Waals surface area contributed by atoms with E-state index >= 15 is 0 Å². The molecule has 0 atom stereocenters. The zero-order valence-corrected chi connectivity index (χ0v) is 16.6. The first kappa shape index (κ1) is 20.4. The highest BCUT2D eigenvalue weighted by molar-refractivity contribution is 7.89. The summed E-state index contributed by atoms with van der Waals surface area (Å²) in [6.45, 7) is 4.46. The second-order valence-electron chi connectivity index (χ2n) is 6.62. The van der Waals surface area contributed by atoms with Gasteiger partial charge in [-0.3, -0.25) is 9.78 Å². The molecule has 1 amide bonds. The Kier molecular flexibility index (Phi) is 6.37. The van der Waals surface area contributed by atoms with Crippen molar-refractivity contribution in [2.24, 2.45) is 0 Å². The standard InChI is InChI=1S/C17H23N5O5S/c1-13(2)28(24,25)22-8-6-21(7-9-22)16(23)12-26-11-15-19-17(20-27-15)14-4-3-5-18-10-14/h3-5,10,13H,6-9,11-12H2,1-2H3. The Morgan fingerprint density at radius 2 is 2.04 bits per heavy atom. The van der Waals surface area contributed by atoms with Crippen LogP contribution in [0.5, 0.6) is 0 Å². The first-order valence-electron chi connectivity index (χ1n) is 8.95. The Morgan fingerprint density at radius 1 is 1.29 bits per heavy atom. The molecule has 0 radical (unpaired) electrons. The van der Waals surface area contributed by atoms with Crippen LogP contribution in [0.4, 0.5) is 0 Å². The van der Waals surface area contributed by atoms with Crippen molar-refractivity contribution in [1.82, 2.24) is 24.3 Å². The lowest BCUT2D eigenvalue weighted by molar-refractivity contribution is -0.138. The topological polar surface area (TPSA) is 119 Å². The molecule has 2 aromatic rings. The molecule has 0 N–H and O–H groups in total. The quantitative estimate of drug-likeness (QED) is 0.650. The monoisotopic (exact) mass is 409 g/mol. The third kappa shape index (κ3) is 4.72. The molecule has 0 saturated carbocycles. The smallest absolute Gasteiger partial charge is 0.252 e. The number of pyridine rings is 1. The van der Waals surface area contributed by atoms with Gasteiger partial charge in [-0.05, 0) is 26.0 Å². The molecule has 0 spiro atoms. The van der Waals surface area contributed by atoms with Crippen LogP contribution in [-0.2, 0) is 26.2 Å². The van der Waals surface area contributed by atoms with Gasteiger partial charge in [-0.25, -0.2) is 8.42 Å². The summed E-state index contributed by atoms with van der Waals surface area (Å²) < 4.78 is 36.3. The fourth-order valence-corrected chi connectivity index (χ4v) is 4.00. The van der Waals surface area contributed by atoms with E-state index in [1.165, 1.54) is 4.31 Å². The highest BCUT2D eigenvalue weighted by Crippen LogP contribution is 2.15. The number of piperazine rings is 1. The van der Waals surface area contributed by atoms with E-state index in [4.69, 9.17) is 9.26 Å². The van der Waals surface area contributed by atoms with Crippen LogP contribution in [0.25, 0.3) is 11.4 Å². The van der Waals surface area contributed by atoms with E-state index in [0.717, 1.165) is 5.56 Å². The fraction of sp³-hybridized carbons (Fsp3) is 0.529. The van der Waals surface area contributed by atoms with Gasteiger partial charge in [0, 0.05) is 44.1 Å². The van der Waals surface area contributed by atoms with E-state index in [1.807, 2.05) is 6.07 Å². The number of aromatic nitrogens is 3. The van der Waals surface area contributed by atoms with Gasteiger partial charge in [0.05, 0.1) is 5.25 Å². The minimum atomic E-state index is -3.29. The normalized spacial score (nSPS) is 15.9. The SMILES string of the molecule is CC(C)S(=O)(=O)N1CCN(C(=O)COCc2nc(-c3cccnc3)no2)CC1. The molecule has 0 unspecified atom stereocenters. The fourth-order valence-electron chi connectivity index (χ4n) is 2.73. The number of nitrogens with zero attached hydrogens (tertiary/aromatic N) is 5. The molecule has 3 heterocycles. The Balaban J connectivity index is 1.44. The van der Waals surface area contributed by atoms with E-state index in [-0.39, 0.29) is 25.0 Å². The number of sulfonamides is 1. The van der Waals surface area contributed by atoms with E-state index in [1.54, 1.807) is 37.2 Å². The average Bonchev–Trinajstić information content (AvgIpc) is 3.17. The first-order chi connectivity index (χ1) is 13.4. The molecule has 1 fully saturated rings. The van der Waals surface area contributed by atoms with Gasteiger partial charge in [0.2, 0.25) is 21.8 Å². The van der Waals surface area contributed by atoms with Gasteiger partial charge in [-0.15, -0.1) is 0 Å². The third-order valence-electron chi connectivity index (χ3n) is 4.39. The van der Waals surface area contributed by atoms with Gasteiger partial charge in [-0.2, -0.15) is 9.29 Å². The van der Waals surface area contributed by atoms with Gasteiger partial charge >= 0.3 is 0 Å². The predicted molar refractivity (Wildman–Crippen MR) is 99.4 cm³/mol. The minimum absolute atomic E-state index is 0.0146. The highest BCUT2D eigenvalue weighted by atomic mass is 32.2. The van der Waals surface area contributed by atoms with Crippen LogP contribution < -0.4 is 0 Å². The maximum atomic E-state index is 12.3. The van der Waals surface area contributed by atoms with Crippen molar-refractivity contribution >= 4 is 15.9 Å². The number of carbonyl (C=O) groups excluding carboxylic acids is 1. The second kappa shape index (κ2) is 8.76. The average molecular weight is 409 g/mol. The zero-order chi connectivity index (χ0) is 20.1. The molecule has 1 aliphatic heterocycles. The summed E-state index contributed by atoms with van der Waals surface area (Å²) in [5, 5.41) is 3.39. The number of hydrogen-bond donors (Lipinski definition) is 0. The molecule has 0 bridgehead atoms. The van der Waals surface area contributed by atoms with Gasteiger partial charge in [-0.1, -0.05) is 5.16 Å². The second-order valence-corrected chi connectivity index (χ2v) is 9.11. The minimum Gasteiger partial charge on any atom is -0.362 e. The Bertz CT molecular complexity index is 892. The number of hydrogen-bond acceptors (Lipinski definition) is 8. The molecule has 0 aromatic carbocycles. The van der Waals surface area contributed by atoms with Gasteiger partial charge in [0.15, 0.2) is 0 Å². The maximum absolute atomic E-state index is 12.3. The lowest BCUT2D eigenvalue weighted by atomic mass is 10.3. The Hall–Kier alpha value is -2.37. The molecule has 3 rings (SSSR count). The van der Waals surface area contributed by atoms with Crippen molar-refractivity contribution in [1.29, 1.82) is 0 Å². The van der Waals surface area contributed by atoms with E-state index in [9.17, 15) is 13.2 Å². The Morgan fingerprint density at radius 3 is 2.68 bits per heavy atom. The first-order valence-corrected chi connectivity index (χ1v) is 10.5. The molecule has 152 valence electrons. The Labute approximate surface area is 163 Å². The molecule has 0 aliphatic carbocycles. The number of ether oxygens (including phenoxy) is 1. The number of amides is 1. The summed E-state index contributed by atoms with van der Waals surface area (Å²) in [5.41, 5.74) is 0.725. The van der Waals surface area contributed by atoms with E-state index in [2.05, 4.69) is 15.1 Å². The molecule has 2 aromatic heterocycles. The third-order valence-corrected chi connectivity index (χ3v) is 6.66. The van der Waals surface area contributed by atoms with Gasteiger partial charge < -0.3 is 14.2 Å². The lowest BCUT2D eigenvalue weighted by Crippen LogP contribution is -2.52. The van der Waals surface area contributed by atoms with Crippen LogP contribution in [0.1, 0.15) is 19.7 Å². The maximum Gasteiger partial charge on any atom is 0.252 e. The summed E-state index contributed by atoms with van der Waals surface area (Å²) in [7, 11) is -3.29. The number of carbonyl (C=O) groups is 1. The van der Waals surface area contributed by atoms with Gasteiger partial charge in [0.1, 0.15) is 13.2 Å². The van der Waals surface area contributed by atoms with E-state index < -0.39 is 15.3 Å². The van der Waals surface area contributed by atoms with Crippen LogP contribution >= 0.6 is 0 Å². The largest absolute Gasteiger partial charge is 0.362 e. The number of rotatable bonds is 7. The summed E-state index contributed by atoms with van der Waals surface area (Å²) in [6, 6.07) is 3.58. The van der Waals surface area contributed by atoms with Crippen molar-refractivity contribution in [3.63, 3.8) is 0 Å². The summed E-state index contributed by atoms with van der Waals surface area (Å²) in [5.74, 6) is 0.466. The predicted octanol–water partition coefficient (Wildman–Crippen LogP) is 0.531. The van der Waals surface area contributed by atoms with Crippen molar-refractivity contribution in [2.75, 3.05) is 32.8 Å². The summed E-state index contributed by atoms with van der Waals surface area (Å²) >= 11 is 0. The lowest BCUT2D eigenvalue weighted by Gasteiger charge is -2.34. The van der Waals surface area contributed by atoms with Crippen LogP contribution in [-0.4, -0.2) is 76.7 Å². The van der Waals surface area contributed by atoms with Crippen molar-refractivity contribution < 1.29 is 22.5 Å². The molecule has 1 aliphatic rings.